The van der Waals surface area contributed by atoms with Gasteiger partial charge in [0.15, 0.2) is 11.6 Å². The first-order valence-electron chi connectivity index (χ1n) is 2.35. The molecule has 0 nitrogen and oxygen atoms in total. The van der Waals surface area contributed by atoms with Gasteiger partial charge >= 0.3 is 51.4 Å². The molecule has 0 aliphatic rings. The Morgan fingerprint density at radius 2 is 1.80 bits per heavy atom. The quantitative estimate of drug-likeness (QED) is 0.462. The summed E-state index contributed by atoms with van der Waals surface area (Å²) in [5.74, 6) is -1.75. The van der Waals surface area contributed by atoms with Crippen molar-refractivity contribution in [3.8, 4) is 0 Å². The van der Waals surface area contributed by atoms with Crippen molar-refractivity contribution in [3.05, 3.63) is 29.8 Å². The maximum atomic E-state index is 12.3. The van der Waals surface area contributed by atoms with Crippen molar-refractivity contribution >= 4 is 64.0 Å². The molecule has 0 fully saturated rings. The van der Waals surface area contributed by atoms with E-state index in [1.165, 1.54) is 12.1 Å². The summed E-state index contributed by atoms with van der Waals surface area (Å²) >= 11 is 3.65. The van der Waals surface area contributed by atoms with Crippen LogP contribution in [0.15, 0.2) is 23.1 Å². The van der Waals surface area contributed by atoms with Gasteiger partial charge < -0.3 is 0 Å². The third-order valence-corrected chi connectivity index (χ3v) is 1.28. The van der Waals surface area contributed by atoms with Gasteiger partial charge in [-0.25, -0.2) is 8.78 Å². The fourth-order valence-corrected chi connectivity index (χ4v) is 0.685. The van der Waals surface area contributed by atoms with E-state index in [0.29, 0.717) is 0 Å². The van der Waals surface area contributed by atoms with E-state index >= 15 is 0 Å². The van der Waals surface area contributed by atoms with Crippen LogP contribution < -0.4 is 0 Å². The first-order chi connectivity index (χ1) is 4.22. The fourth-order valence-electron chi connectivity index (χ4n) is 0.492. The average Bonchev–Trinajstić information content (AvgIpc) is 1.83. The summed E-state index contributed by atoms with van der Waals surface area (Å²) in [6.07, 6.45) is 0. The standard InChI is InChI=1S/C6H4F2S.K.H/c7-4-2-1-3-5(9)6(4)8;;/h1-3,9H;;. The molecule has 0 radical (unpaired) electrons. The number of hydrogen-bond donors (Lipinski definition) is 1. The molecule has 0 N–H and O–H groups in total. The van der Waals surface area contributed by atoms with Crippen molar-refractivity contribution in [2.75, 3.05) is 0 Å². The van der Waals surface area contributed by atoms with Crippen molar-refractivity contribution in [1.82, 2.24) is 0 Å². The third kappa shape index (κ3) is 2.60. The van der Waals surface area contributed by atoms with Crippen LogP contribution in [0, 0.1) is 11.6 Å². The molecule has 0 amide bonds. The molecule has 0 saturated heterocycles. The second kappa shape index (κ2) is 4.85. The van der Waals surface area contributed by atoms with E-state index in [1.807, 2.05) is 0 Å². The Hall–Kier alpha value is 1.07. The zero-order valence-electron chi connectivity index (χ0n) is 4.44. The fraction of sp³-hybridized carbons (Fsp3) is 0. The van der Waals surface area contributed by atoms with Crippen LogP contribution in [0.5, 0.6) is 0 Å². The van der Waals surface area contributed by atoms with Gasteiger partial charge in [-0.05, 0) is 12.1 Å². The van der Waals surface area contributed by atoms with E-state index in [2.05, 4.69) is 12.6 Å². The van der Waals surface area contributed by atoms with Gasteiger partial charge in [0, 0.05) is 4.90 Å². The Morgan fingerprint density at radius 1 is 1.20 bits per heavy atom. The van der Waals surface area contributed by atoms with Crippen LogP contribution in [0.1, 0.15) is 0 Å². The van der Waals surface area contributed by atoms with Crippen molar-refractivity contribution in [2.24, 2.45) is 0 Å². The van der Waals surface area contributed by atoms with E-state index < -0.39 is 11.6 Å². The molecule has 0 bridgehead atoms. The second-order valence-electron chi connectivity index (χ2n) is 1.57. The number of hydrogen-bond acceptors (Lipinski definition) is 1. The molecule has 0 spiro atoms. The molecule has 0 heterocycles. The van der Waals surface area contributed by atoms with Gasteiger partial charge in [0.1, 0.15) is 0 Å². The molecule has 1 aromatic carbocycles. The molecule has 0 unspecified atom stereocenters. The van der Waals surface area contributed by atoms with Crippen LogP contribution in [0.4, 0.5) is 8.78 Å². The van der Waals surface area contributed by atoms with Gasteiger partial charge in [-0.3, -0.25) is 0 Å². The van der Waals surface area contributed by atoms with Crippen LogP contribution in [-0.4, -0.2) is 51.4 Å². The predicted molar refractivity (Wildman–Crippen MR) is 40.8 cm³/mol. The number of benzene rings is 1. The molecule has 0 aliphatic heterocycles. The zero-order valence-corrected chi connectivity index (χ0v) is 5.33. The summed E-state index contributed by atoms with van der Waals surface area (Å²) in [6, 6.07) is 3.84. The third-order valence-electron chi connectivity index (χ3n) is 0.931. The molecule has 10 heavy (non-hydrogen) atoms. The number of thiol groups is 1. The topological polar surface area (TPSA) is 0 Å². The molecule has 0 aromatic heterocycles. The van der Waals surface area contributed by atoms with Crippen molar-refractivity contribution < 1.29 is 8.78 Å². The molecule has 4 heteroatoms. The molecular weight excluding hydrogens is 181 g/mol. The molecule has 0 aliphatic carbocycles. The van der Waals surface area contributed by atoms with Gasteiger partial charge in [-0.1, -0.05) is 6.07 Å². The van der Waals surface area contributed by atoms with Gasteiger partial charge in [0.25, 0.3) is 0 Å². The molecule has 0 atom stereocenters. The van der Waals surface area contributed by atoms with E-state index in [0.717, 1.165) is 6.07 Å². The summed E-state index contributed by atoms with van der Waals surface area (Å²) in [5, 5.41) is 0. The Labute approximate surface area is 106 Å². The average molecular weight is 186 g/mol. The summed E-state index contributed by atoms with van der Waals surface area (Å²) in [7, 11) is 0. The Bertz CT molecular complexity index is 207. The Balaban J connectivity index is 0.000000810. The molecule has 0 saturated carbocycles. The number of rotatable bonds is 0. The van der Waals surface area contributed by atoms with Crippen LogP contribution in [-0.2, 0) is 0 Å². The number of halogens is 2. The Morgan fingerprint density at radius 3 is 2.20 bits per heavy atom. The molecule has 50 valence electrons. The van der Waals surface area contributed by atoms with E-state index in [9.17, 15) is 8.78 Å². The van der Waals surface area contributed by atoms with Crippen LogP contribution >= 0.6 is 12.6 Å². The Kier molecular flexibility index (Phi) is 5.36. The first-order valence-corrected chi connectivity index (χ1v) is 2.79. The van der Waals surface area contributed by atoms with E-state index in [4.69, 9.17) is 0 Å². The van der Waals surface area contributed by atoms with Crippen molar-refractivity contribution in [2.45, 2.75) is 4.90 Å². The van der Waals surface area contributed by atoms with Gasteiger partial charge in [-0.15, -0.1) is 12.6 Å². The van der Waals surface area contributed by atoms with Crippen LogP contribution in [0.2, 0.25) is 0 Å². The molecule has 1 rings (SSSR count). The van der Waals surface area contributed by atoms with Crippen LogP contribution in [0.25, 0.3) is 0 Å². The predicted octanol–water partition coefficient (Wildman–Crippen LogP) is 1.61. The minimum atomic E-state index is -0.888. The molecular formula is C6H5F2KS. The first kappa shape index (κ1) is 11.1. The van der Waals surface area contributed by atoms with Crippen molar-refractivity contribution in [3.63, 3.8) is 0 Å². The summed E-state index contributed by atoms with van der Waals surface area (Å²) in [4.78, 5) is 0.0370. The van der Waals surface area contributed by atoms with Gasteiger partial charge in [-0.2, -0.15) is 0 Å². The summed E-state index contributed by atoms with van der Waals surface area (Å²) in [5.41, 5.74) is 0. The maximum absolute atomic E-state index is 12.3. The van der Waals surface area contributed by atoms with Crippen LogP contribution in [0.3, 0.4) is 0 Å². The normalized spacial score (nSPS) is 8.70. The van der Waals surface area contributed by atoms with E-state index in [-0.39, 0.29) is 56.3 Å². The zero-order chi connectivity index (χ0) is 6.85. The van der Waals surface area contributed by atoms with Crippen molar-refractivity contribution in [1.29, 1.82) is 0 Å². The summed E-state index contributed by atoms with van der Waals surface area (Å²) in [6.45, 7) is 0. The SMILES string of the molecule is Fc1cccc(S)c1F.[KH]. The van der Waals surface area contributed by atoms with Gasteiger partial charge in [0.05, 0.1) is 0 Å². The van der Waals surface area contributed by atoms with E-state index in [1.54, 1.807) is 0 Å². The monoisotopic (exact) mass is 186 g/mol. The molecule has 1 aromatic rings. The minimum absolute atomic E-state index is 0. The van der Waals surface area contributed by atoms with Gasteiger partial charge in [0.2, 0.25) is 0 Å². The summed E-state index contributed by atoms with van der Waals surface area (Å²) < 4.78 is 24.4. The second-order valence-corrected chi connectivity index (χ2v) is 2.05.